The summed E-state index contributed by atoms with van der Waals surface area (Å²) in [6.45, 7) is 4.03. The molecule has 1 amide bonds. The number of rotatable bonds is 6. The van der Waals surface area contributed by atoms with Gasteiger partial charge in [-0.3, -0.25) is 9.69 Å². The van der Waals surface area contributed by atoms with Crippen molar-refractivity contribution in [3.63, 3.8) is 0 Å². The fraction of sp³-hybridized carbons (Fsp3) is 0.0968. The van der Waals surface area contributed by atoms with Gasteiger partial charge in [-0.25, -0.2) is 4.99 Å². The van der Waals surface area contributed by atoms with Gasteiger partial charge >= 0.3 is 0 Å². The van der Waals surface area contributed by atoms with Crippen molar-refractivity contribution < 1.29 is 9.53 Å². The molecular weight excluding hydrogens is 642 g/mol. The first-order valence-corrected chi connectivity index (χ1v) is 15.0. The molecule has 4 nitrogen and oxygen atoms in total. The van der Waals surface area contributed by atoms with Gasteiger partial charge in [0.05, 0.1) is 21.3 Å². The van der Waals surface area contributed by atoms with Gasteiger partial charge < -0.3 is 4.74 Å². The minimum absolute atomic E-state index is 0.216. The van der Waals surface area contributed by atoms with Crippen molar-refractivity contribution in [3.05, 3.63) is 125 Å². The summed E-state index contributed by atoms with van der Waals surface area (Å²) < 4.78 is 6.11. The molecule has 1 aliphatic rings. The summed E-state index contributed by atoms with van der Waals surface area (Å²) in [4.78, 5) is 20.6. The molecule has 0 aliphatic carbocycles. The molecule has 0 bridgehead atoms. The molecule has 41 heavy (non-hydrogen) atoms. The van der Waals surface area contributed by atoms with Gasteiger partial charge in [0.15, 0.2) is 5.17 Å². The Kier molecular flexibility index (Phi) is 9.24. The van der Waals surface area contributed by atoms with E-state index in [1.54, 1.807) is 36.4 Å². The second kappa shape index (κ2) is 12.7. The van der Waals surface area contributed by atoms with Gasteiger partial charge in [-0.2, -0.15) is 0 Å². The summed E-state index contributed by atoms with van der Waals surface area (Å²) in [6, 6.07) is 21.5. The zero-order chi connectivity index (χ0) is 29.3. The van der Waals surface area contributed by atoms with Crippen molar-refractivity contribution in [2.24, 2.45) is 4.99 Å². The van der Waals surface area contributed by atoms with E-state index in [4.69, 9.17) is 67.7 Å². The lowest BCUT2D eigenvalue weighted by atomic mass is 10.1. The molecule has 4 aromatic rings. The van der Waals surface area contributed by atoms with Crippen LogP contribution in [0.1, 0.15) is 22.3 Å². The van der Waals surface area contributed by atoms with Crippen LogP contribution in [0.5, 0.6) is 5.75 Å². The molecule has 0 radical (unpaired) electrons. The average molecular weight is 663 g/mol. The van der Waals surface area contributed by atoms with Crippen LogP contribution in [0, 0.1) is 13.8 Å². The predicted octanol–water partition coefficient (Wildman–Crippen LogP) is 11.0. The van der Waals surface area contributed by atoms with Crippen molar-refractivity contribution in [2.45, 2.75) is 20.5 Å². The number of hydrogen-bond donors (Lipinski definition) is 0. The monoisotopic (exact) mass is 660 g/mol. The molecule has 0 atom stereocenters. The van der Waals surface area contributed by atoms with Gasteiger partial charge in [0.2, 0.25) is 0 Å². The van der Waals surface area contributed by atoms with Gasteiger partial charge in [0.25, 0.3) is 5.91 Å². The van der Waals surface area contributed by atoms with Gasteiger partial charge in [0, 0.05) is 25.7 Å². The number of ether oxygens (including phenoxy) is 1. The fourth-order valence-electron chi connectivity index (χ4n) is 4.02. The maximum atomic E-state index is 13.9. The van der Waals surface area contributed by atoms with E-state index in [1.807, 2.05) is 56.3 Å². The highest BCUT2D eigenvalue weighted by molar-refractivity contribution is 8.19. The van der Waals surface area contributed by atoms with Crippen LogP contribution in [0.15, 0.2) is 82.7 Å². The highest BCUT2D eigenvalue weighted by Gasteiger charge is 2.35. The van der Waals surface area contributed by atoms with Crippen molar-refractivity contribution in [3.8, 4) is 5.75 Å². The lowest BCUT2D eigenvalue weighted by Crippen LogP contribution is -2.28. The molecular formula is C31H21Cl5N2O2S. The largest absolute Gasteiger partial charge is 0.487 e. The van der Waals surface area contributed by atoms with Crippen molar-refractivity contribution >= 4 is 98.3 Å². The van der Waals surface area contributed by atoms with Crippen molar-refractivity contribution in [1.29, 1.82) is 0 Å². The minimum atomic E-state index is -0.288. The molecule has 1 saturated heterocycles. The van der Waals surface area contributed by atoms with Gasteiger partial charge in [0.1, 0.15) is 12.4 Å². The number of anilines is 1. The highest BCUT2D eigenvalue weighted by Crippen LogP contribution is 2.41. The second-order valence-corrected chi connectivity index (χ2v) is 12.3. The molecule has 10 heteroatoms. The first-order chi connectivity index (χ1) is 19.6. The van der Waals surface area contributed by atoms with E-state index in [0.717, 1.165) is 16.7 Å². The molecule has 208 valence electrons. The van der Waals surface area contributed by atoms with Crippen LogP contribution in [0.4, 0.5) is 11.4 Å². The van der Waals surface area contributed by atoms with Crippen LogP contribution in [-0.2, 0) is 11.4 Å². The molecule has 1 heterocycles. The fourth-order valence-corrected chi connectivity index (χ4v) is 6.14. The Morgan fingerprint density at radius 3 is 2.27 bits per heavy atom. The number of thioether (sulfide) groups is 1. The minimum Gasteiger partial charge on any atom is -0.487 e. The van der Waals surface area contributed by atoms with Crippen LogP contribution < -0.4 is 9.64 Å². The number of aryl methyl sites for hydroxylation is 2. The number of carbonyl (C=O) groups excluding carboxylic acids is 1. The molecule has 4 aromatic carbocycles. The Bertz CT molecular complexity index is 1740. The number of benzene rings is 4. The number of halogens is 5. The van der Waals surface area contributed by atoms with E-state index in [2.05, 4.69) is 0 Å². The number of amides is 1. The summed E-state index contributed by atoms with van der Waals surface area (Å²) >= 11 is 33.0. The van der Waals surface area contributed by atoms with Gasteiger partial charge in [-0.1, -0.05) is 82.3 Å². The van der Waals surface area contributed by atoms with Crippen LogP contribution in [-0.4, -0.2) is 11.1 Å². The van der Waals surface area contributed by atoms with Crippen molar-refractivity contribution in [1.82, 2.24) is 0 Å². The smallest absolute Gasteiger partial charge is 0.271 e. The Morgan fingerprint density at radius 1 is 0.829 bits per heavy atom. The zero-order valence-corrected chi connectivity index (χ0v) is 26.3. The van der Waals surface area contributed by atoms with E-state index >= 15 is 0 Å². The maximum Gasteiger partial charge on any atom is 0.271 e. The van der Waals surface area contributed by atoms with E-state index < -0.39 is 0 Å². The Balaban J connectivity index is 1.56. The third-order valence-electron chi connectivity index (χ3n) is 6.20. The topological polar surface area (TPSA) is 41.9 Å². The second-order valence-electron chi connectivity index (χ2n) is 9.24. The molecule has 0 aromatic heterocycles. The Morgan fingerprint density at radius 2 is 1.56 bits per heavy atom. The number of aliphatic imine (C=N–C) groups is 1. The van der Waals surface area contributed by atoms with Gasteiger partial charge in [-0.05, 0) is 96.9 Å². The third-order valence-corrected chi connectivity index (χ3v) is 8.71. The zero-order valence-electron chi connectivity index (χ0n) is 21.7. The van der Waals surface area contributed by atoms with E-state index in [9.17, 15) is 4.79 Å². The Hall–Kier alpha value is -2.64. The molecule has 0 unspecified atom stereocenters. The summed E-state index contributed by atoms with van der Waals surface area (Å²) in [5.41, 5.74) is 4.42. The quantitative estimate of drug-likeness (QED) is 0.193. The molecule has 0 N–H and O–H groups in total. The molecule has 0 saturated carbocycles. The van der Waals surface area contributed by atoms with Crippen LogP contribution >= 0.6 is 69.8 Å². The number of amidine groups is 1. The molecule has 0 spiro atoms. The number of nitrogens with zero attached hydrogens (tertiary/aromatic N) is 2. The summed E-state index contributed by atoms with van der Waals surface area (Å²) in [6.07, 6.45) is 1.70. The lowest BCUT2D eigenvalue weighted by Gasteiger charge is -2.17. The summed E-state index contributed by atoms with van der Waals surface area (Å²) in [7, 11) is 0. The lowest BCUT2D eigenvalue weighted by molar-refractivity contribution is -0.113. The van der Waals surface area contributed by atoms with Crippen LogP contribution in [0.25, 0.3) is 6.08 Å². The van der Waals surface area contributed by atoms with E-state index in [1.165, 1.54) is 16.7 Å². The number of hydrogen-bond acceptors (Lipinski definition) is 4. The maximum absolute atomic E-state index is 13.9. The van der Waals surface area contributed by atoms with Crippen molar-refractivity contribution in [2.75, 3.05) is 4.90 Å². The van der Waals surface area contributed by atoms with E-state index in [0.29, 0.717) is 57.9 Å². The Labute approximate surface area is 267 Å². The van der Waals surface area contributed by atoms with Crippen LogP contribution in [0.2, 0.25) is 25.1 Å². The standard InChI is InChI=1S/C31H21Cl5N2O2S/c1-17-6-8-23(14-25(17)34)37-31-38(24-9-7-18(2)26(35)15-24)30(39)28(41-31)12-20-11-22(33)13-27(36)29(20)40-16-19-4-3-5-21(32)10-19/h3-15H,16H2,1-2H3/b28-12+,37-31?. The highest BCUT2D eigenvalue weighted by atomic mass is 35.5. The summed E-state index contributed by atoms with van der Waals surface area (Å²) in [5, 5.41) is 2.87. The number of carbonyl (C=O) groups is 1. The predicted molar refractivity (Wildman–Crippen MR) is 175 cm³/mol. The normalized spacial score (nSPS) is 15.3. The van der Waals surface area contributed by atoms with Gasteiger partial charge in [-0.15, -0.1) is 0 Å². The van der Waals surface area contributed by atoms with E-state index in [-0.39, 0.29) is 12.5 Å². The molecule has 1 aliphatic heterocycles. The average Bonchev–Trinajstić information content (AvgIpc) is 3.21. The molecule has 1 fully saturated rings. The molecule has 5 rings (SSSR count). The van der Waals surface area contributed by atoms with Crippen LogP contribution in [0.3, 0.4) is 0 Å². The third kappa shape index (κ3) is 6.89. The SMILES string of the molecule is Cc1ccc(N=C2S/C(=C/c3cc(Cl)cc(Cl)c3OCc3cccc(Cl)c3)C(=O)N2c2ccc(C)c(Cl)c2)cc1Cl. The first kappa shape index (κ1) is 29.8. The first-order valence-electron chi connectivity index (χ1n) is 12.3. The summed E-state index contributed by atoms with van der Waals surface area (Å²) in [5.74, 6) is 0.0985.